The summed E-state index contributed by atoms with van der Waals surface area (Å²) < 4.78 is 5.12. The SMILES string of the molecule is CN1CCCC1Cc1cnc(C(=O)O)o1. The third-order valence-electron chi connectivity index (χ3n) is 2.84. The molecule has 1 fully saturated rings. The molecule has 5 heteroatoms. The lowest BCUT2D eigenvalue weighted by Crippen LogP contribution is -2.26. The van der Waals surface area contributed by atoms with Gasteiger partial charge >= 0.3 is 11.9 Å². The van der Waals surface area contributed by atoms with Crippen LogP contribution in [0.1, 0.15) is 29.3 Å². The number of likely N-dealkylation sites (N-methyl/N-ethyl adjacent to an activating group) is 1. The zero-order valence-electron chi connectivity index (χ0n) is 8.64. The zero-order chi connectivity index (χ0) is 10.8. The molecule has 0 bridgehead atoms. The fourth-order valence-corrected chi connectivity index (χ4v) is 1.97. The molecule has 5 nitrogen and oxygen atoms in total. The predicted molar refractivity (Wildman–Crippen MR) is 52.8 cm³/mol. The molecule has 2 rings (SSSR count). The second-order valence-electron chi connectivity index (χ2n) is 3.92. The molecule has 82 valence electrons. The van der Waals surface area contributed by atoms with Gasteiger partial charge < -0.3 is 14.4 Å². The van der Waals surface area contributed by atoms with Crippen LogP contribution in [0.5, 0.6) is 0 Å². The average molecular weight is 210 g/mol. The molecular weight excluding hydrogens is 196 g/mol. The van der Waals surface area contributed by atoms with Crippen molar-refractivity contribution >= 4 is 5.97 Å². The fourth-order valence-electron chi connectivity index (χ4n) is 1.97. The Morgan fingerprint density at radius 1 is 1.80 bits per heavy atom. The van der Waals surface area contributed by atoms with E-state index in [0.717, 1.165) is 19.4 Å². The number of likely N-dealkylation sites (tertiary alicyclic amines) is 1. The van der Waals surface area contributed by atoms with Crippen molar-refractivity contribution in [3.8, 4) is 0 Å². The molecule has 1 atom stereocenters. The molecule has 1 aliphatic heterocycles. The van der Waals surface area contributed by atoms with Crippen LogP contribution in [0.3, 0.4) is 0 Å². The second kappa shape index (κ2) is 4.02. The Labute approximate surface area is 87.7 Å². The maximum Gasteiger partial charge on any atom is 0.392 e. The number of carboxylic acids is 1. The van der Waals surface area contributed by atoms with Gasteiger partial charge in [-0.1, -0.05) is 0 Å². The first-order valence-electron chi connectivity index (χ1n) is 5.05. The van der Waals surface area contributed by atoms with Gasteiger partial charge in [0.05, 0.1) is 6.20 Å². The Morgan fingerprint density at radius 2 is 2.60 bits per heavy atom. The van der Waals surface area contributed by atoms with Gasteiger partial charge in [0.1, 0.15) is 5.76 Å². The highest BCUT2D eigenvalue weighted by Crippen LogP contribution is 2.19. The molecule has 1 aliphatic rings. The van der Waals surface area contributed by atoms with Gasteiger partial charge in [-0.15, -0.1) is 0 Å². The lowest BCUT2D eigenvalue weighted by molar-refractivity contribution is 0.0651. The summed E-state index contributed by atoms with van der Waals surface area (Å²) >= 11 is 0. The minimum Gasteiger partial charge on any atom is -0.474 e. The Morgan fingerprint density at radius 3 is 3.13 bits per heavy atom. The Kier molecular flexibility index (Phi) is 2.73. The highest BCUT2D eigenvalue weighted by atomic mass is 16.4. The molecule has 0 aromatic carbocycles. The molecule has 0 saturated carbocycles. The number of oxazole rings is 1. The smallest absolute Gasteiger partial charge is 0.392 e. The second-order valence-corrected chi connectivity index (χ2v) is 3.92. The molecule has 2 heterocycles. The molecule has 0 amide bonds. The topological polar surface area (TPSA) is 66.6 Å². The number of carboxylic acid groups (broad SMARTS) is 1. The molecular formula is C10H14N2O3. The lowest BCUT2D eigenvalue weighted by Gasteiger charge is -2.17. The van der Waals surface area contributed by atoms with Crippen LogP contribution in [0.2, 0.25) is 0 Å². The average Bonchev–Trinajstić information content (AvgIpc) is 2.77. The third kappa shape index (κ3) is 2.18. The fraction of sp³-hybridized carbons (Fsp3) is 0.600. The van der Waals surface area contributed by atoms with Gasteiger partial charge in [0, 0.05) is 12.5 Å². The van der Waals surface area contributed by atoms with Gasteiger partial charge in [-0.2, -0.15) is 0 Å². The molecule has 1 aromatic rings. The lowest BCUT2D eigenvalue weighted by atomic mass is 10.1. The highest BCUT2D eigenvalue weighted by Gasteiger charge is 2.23. The van der Waals surface area contributed by atoms with E-state index in [4.69, 9.17) is 9.52 Å². The number of carbonyl (C=O) groups is 1. The number of rotatable bonds is 3. The van der Waals surface area contributed by atoms with Crippen molar-refractivity contribution in [2.45, 2.75) is 25.3 Å². The van der Waals surface area contributed by atoms with E-state index in [1.165, 1.54) is 12.6 Å². The van der Waals surface area contributed by atoms with Crippen molar-refractivity contribution in [3.63, 3.8) is 0 Å². The van der Waals surface area contributed by atoms with Gasteiger partial charge in [0.15, 0.2) is 0 Å². The Bertz CT molecular complexity index is 361. The summed E-state index contributed by atoms with van der Waals surface area (Å²) in [4.78, 5) is 16.5. The van der Waals surface area contributed by atoms with E-state index < -0.39 is 5.97 Å². The van der Waals surface area contributed by atoms with Gasteiger partial charge in [0.25, 0.3) is 0 Å². The van der Waals surface area contributed by atoms with Crippen LogP contribution in [0.15, 0.2) is 10.6 Å². The van der Waals surface area contributed by atoms with E-state index in [0.29, 0.717) is 11.8 Å². The van der Waals surface area contributed by atoms with Gasteiger partial charge in [0.2, 0.25) is 0 Å². The van der Waals surface area contributed by atoms with Crippen molar-refractivity contribution in [2.75, 3.05) is 13.6 Å². The molecule has 1 unspecified atom stereocenters. The summed E-state index contributed by atoms with van der Waals surface area (Å²) in [6, 6.07) is 0.458. The normalized spacial score (nSPS) is 22.1. The van der Waals surface area contributed by atoms with E-state index in [9.17, 15) is 4.79 Å². The zero-order valence-corrected chi connectivity index (χ0v) is 8.64. The molecule has 1 N–H and O–H groups in total. The van der Waals surface area contributed by atoms with Crippen LogP contribution in [0, 0.1) is 0 Å². The van der Waals surface area contributed by atoms with E-state index in [2.05, 4.69) is 16.9 Å². The summed E-state index contributed by atoms with van der Waals surface area (Å²) in [6.07, 6.45) is 4.59. The molecule has 0 spiro atoms. The van der Waals surface area contributed by atoms with Crippen LogP contribution >= 0.6 is 0 Å². The molecule has 15 heavy (non-hydrogen) atoms. The molecule has 1 saturated heterocycles. The van der Waals surface area contributed by atoms with Crippen LogP contribution < -0.4 is 0 Å². The number of aromatic nitrogens is 1. The molecule has 0 aliphatic carbocycles. The summed E-state index contributed by atoms with van der Waals surface area (Å²) in [5, 5.41) is 8.64. The van der Waals surface area contributed by atoms with Gasteiger partial charge in [-0.05, 0) is 26.4 Å². The summed E-state index contributed by atoms with van der Waals surface area (Å²) in [5.74, 6) is -0.669. The van der Waals surface area contributed by atoms with Crippen molar-refractivity contribution in [1.29, 1.82) is 0 Å². The Balaban J connectivity index is 2.01. The van der Waals surface area contributed by atoms with E-state index in [1.54, 1.807) is 0 Å². The molecule has 0 radical (unpaired) electrons. The van der Waals surface area contributed by atoms with Crippen LogP contribution in [-0.4, -0.2) is 40.6 Å². The summed E-state index contributed by atoms with van der Waals surface area (Å²) in [6.45, 7) is 1.10. The maximum atomic E-state index is 10.5. The first kappa shape index (κ1) is 10.2. The summed E-state index contributed by atoms with van der Waals surface area (Å²) in [5.41, 5.74) is 0. The largest absolute Gasteiger partial charge is 0.474 e. The number of nitrogens with zero attached hydrogens (tertiary/aromatic N) is 2. The van der Waals surface area contributed by atoms with E-state index >= 15 is 0 Å². The van der Waals surface area contributed by atoms with Crippen molar-refractivity contribution in [3.05, 3.63) is 17.8 Å². The number of aromatic carboxylic acids is 1. The van der Waals surface area contributed by atoms with Crippen molar-refractivity contribution in [2.24, 2.45) is 0 Å². The van der Waals surface area contributed by atoms with E-state index in [1.807, 2.05) is 0 Å². The minimum atomic E-state index is -1.11. The number of hydrogen-bond acceptors (Lipinski definition) is 4. The third-order valence-corrected chi connectivity index (χ3v) is 2.84. The quantitative estimate of drug-likeness (QED) is 0.806. The van der Waals surface area contributed by atoms with E-state index in [-0.39, 0.29) is 5.89 Å². The standard InChI is InChI=1S/C10H14N2O3/c1-12-4-2-3-7(12)5-8-6-11-9(15-8)10(13)14/h6-7H,2-5H2,1H3,(H,13,14). The number of hydrogen-bond donors (Lipinski definition) is 1. The highest BCUT2D eigenvalue weighted by molar-refractivity contribution is 5.81. The Hall–Kier alpha value is -1.36. The maximum absolute atomic E-state index is 10.5. The predicted octanol–water partition coefficient (Wildman–Crippen LogP) is 1.01. The molecule has 1 aromatic heterocycles. The van der Waals surface area contributed by atoms with Crippen molar-refractivity contribution in [1.82, 2.24) is 9.88 Å². The monoisotopic (exact) mass is 210 g/mol. The first-order chi connectivity index (χ1) is 7.16. The van der Waals surface area contributed by atoms with Gasteiger partial charge in [-0.3, -0.25) is 0 Å². The minimum absolute atomic E-state index is 0.217. The van der Waals surface area contributed by atoms with Crippen molar-refractivity contribution < 1.29 is 14.3 Å². The summed E-state index contributed by atoms with van der Waals surface area (Å²) in [7, 11) is 2.08. The van der Waals surface area contributed by atoms with Crippen LogP contribution in [-0.2, 0) is 6.42 Å². The first-order valence-corrected chi connectivity index (χ1v) is 5.05. The van der Waals surface area contributed by atoms with Gasteiger partial charge in [-0.25, -0.2) is 9.78 Å². The van der Waals surface area contributed by atoms with Crippen LogP contribution in [0.4, 0.5) is 0 Å². The van der Waals surface area contributed by atoms with Crippen LogP contribution in [0.25, 0.3) is 0 Å².